The van der Waals surface area contributed by atoms with Crippen molar-refractivity contribution in [3.8, 4) is 11.5 Å². The Morgan fingerprint density at radius 1 is 1.45 bits per heavy atom. The molecule has 22 heavy (non-hydrogen) atoms. The molecule has 0 aromatic carbocycles. The second-order valence-electron chi connectivity index (χ2n) is 4.40. The van der Waals surface area contributed by atoms with Gasteiger partial charge in [0.05, 0.1) is 5.39 Å². The molecular formula is C12H10ClN7O2. The van der Waals surface area contributed by atoms with Crippen LogP contribution < -0.4 is 11.2 Å². The number of pyridine rings is 2. The van der Waals surface area contributed by atoms with E-state index in [-0.39, 0.29) is 27.6 Å². The smallest absolute Gasteiger partial charge is 0.254 e. The van der Waals surface area contributed by atoms with Gasteiger partial charge in [-0.3, -0.25) is 9.59 Å². The van der Waals surface area contributed by atoms with Gasteiger partial charge in [0.2, 0.25) is 11.3 Å². The summed E-state index contributed by atoms with van der Waals surface area (Å²) in [7, 11) is 0. The summed E-state index contributed by atoms with van der Waals surface area (Å²) in [6.07, 6.45) is 0. The zero-order chi connectivity index (χ0) is 15.9. The molecule has 0 fully saturated rings. The first-order valence-electron chi connectivity index (χ1n) is 6.31. The number of fused-ring (bicyclic) bond motifs is 1. The molecule has 0 aliphatic heterocycles. The van der Waals surface area contributed by atoms with Crippen LogP contribution in [0.5, 0.6) is 0 Å². The van der Waals surface area contributed by atoms with Gasteiger partial charge in [-0.2, -0.15) is 5.21 Å². The molecule has 3 N–H and O–H groups in total. The second-order valence-corrected chi connectivity index (χ2v) is 4.79. The lowest BCUT2D eigenvalue weighted by atomic mass is 10.1. The zero-order valence-electron chi connectivity index (χ0n) is 11.4. The minimum Gasteiger partial charge on any atom is -0.365 e. The highest BCUT2D eigenvalue weighted by Gasteiger charge is 2.24. The van der Waals surface area contributed by atoms with Gasteiger partial charge in [0.1, 0.15) is 22.1 Å². The molecule has 112 valence electrons. The van der Waals surface area contributed by atoms with E-state index in [9.17, 15) is 9.59 Å². The van der Waals surface area contributed by atoms with Crippen molar-refractivity contribution in [3.05, 3.63) is 33.1 Å². The standard InChI is InChI=1S/C12H10ClN7O2/c1-2-20-8(11-16-18-19-17-11)7(10(14)22)9(21)5-3-4-6(13)15-12(5)20/h3-4H,2H2,1H3,(H2,14,22)(H,16,17,18,19). The lowest BCUT2D eigenvalue weighted by Crippen LogP contribution is -2.27. The number of nitrogens with two attached hydrogens (primary N) is 1. The summed E-state index contributed by atoms with van der Waals surface area (Å²) in [5, 5.41) is 13.9. The number of aromatic amines is 1. The van der Waals surface area contributed by atoms with Gasteiger partial charge in [0.15, 0.2) is 0 Å². The number of tetrazole rings is 1. The van der Waals surface area contributed by atoms with E-state index in [0.29, 0.717) is 12.2 Å². The number of amides is 1. The largest absolute Gasteiger partial charge is 0.365 e. The third-order valence-corrected chi connectivity index (χ3v) is 3.41. The molecule has 3 aromatic rings. The van der Waals surface area contributed by atoms with Crippen LogP contribution in [0.1, 0.15) is 17.3 Å². The lowest BCUT2D eigenvalue weighted by molar-refractivity contribution is 0.0999. The SMILES string of the molecule is CCn1c(-c2nn[nH]n2)c(C(N)=O)c(=O)c2ccc(Cl)nc21. The fraction of sp³-hybridized carbons (Fsp3) is 0.167. The first kappa shape index (κ1) is 14.1. The molecule has 3 heterocycles. The first-order chi connectivity index (χ1) is 10.5. The summed E-state index contributed by atoms with van der Waals surface area (Å²) >= 11 is 5.91. The molecule has 0 aliphatic carbocycles. The van der Waals surface area contributed by atoms with Gasteiger partial charge in [0, 0.05) is 6.54 Å². The number of carbonyl (C=O) groups excluding carboxylic acids is 1. The van der Waals surface area contributed by atoms with E-state index in [1.807, 2.05) is 6.92 Å². The van der Waals surface area contributed by atoms with Crippen molar-refractivity contribution >= 4 is 28.5 Å². The highest BCUT2D eigenvalue weighted by atomic mass is 35.5. The number of hydrogen-bond acceptors (Lipinski definition) is 6. The third kappa shape index (κ3) is 2.02. The summed E-state index contributed by atoms with van der Waals surface area (Å²) in [6, 6.07) is 2.98. The summed E-state index contributed by atoms with van der Waals surface area (Å²) in [4.78, 5) is 28.5. The Morgan fingerprint density at radius 2 is 2.23 bits per heavy atom. The van der Waals surface area contributed by atoms with E-state index in [0.717, 1.165) is 0 Å². The topological polar surface area (TPSA) is 132 Å². The third-order valence-electron chi connectivity index (χ3n) is 3.19. The highest BCUT2D eigenvalue weighted by molar-refractivity contribution is 6.29. The minimum absolute atomic E-state index is 0.0800. The number of nitrogens with zero attached hydrogens (tertiary/aromatic N) is 5. The number of hydrogen-bond donors (Lipinski definition) is 2. The number of carbonyl (C=O) groups is 1. The van der Waals surface area contributed by atoms with Crippen molar-refractivity contribution in [3.63, 3.8) is 0 Å². The van der Waals surface area contributed by atoms with E-state index >= 15 is 0 Å². The van der Waals surface area contributed by atoms with Crippen molar-refractivity contribution in [2.75, 3.05) is 0 Å². The number of aromatic nitrogens is 6. The summed E-state index contributed by atoms with van der Waals surface area (Å²) in [5.74, 6) is -0.791. The molecule has 0 bridgehead atoms. The molecule has 1 amide bonds. The highest BCUT2D eigenvalue weighted by Crippen LogP contribution is 2.23. The van der Waals surface area contributed by atoms with Crippen LogP contribution in [0.25, 0.3) is 22.6 Å². The number of rotatable bonds is 3. The Morgan fingerprint density at radius 3 is 2.82 bits per heavy atom. The van der Waals surface area contributed by atoms with Crippen LogP contribution in [0.4, 0.5) is 0 Å². The zero-order valence-corrected chi connectivity index (χ0v) is 12.1. The predicted molar refractivity (Wildman–Crippen MR) is 78.4 cm³/mol. The second kappa shape index (κ2) is 5.19. The number of halogens is 1. The fourth-order valence-corrected chi connectivity index (χ4v) is 2.47. The molecule has 3 aromatic heterocycles. The van der Waals surface area contributed by atoms with Crippen LogP contribution in [0.2, 0.25) is 5.15 Å². The van der Waals surface area contributed by atoms with Crippen molar-refractivity contribution in [1.82, 2.24) is 30.2 Å². The van der Waals surface area contributed by atoms with Crippen molar-refractivity contribution in [2.24, 2.45) is 5.73 Å². The molecule has 0 aliphatic rings. The molecule has 10 heteroatoms. The maximum atomic E-state index is 12.6. The summed E-state index contributed by atoms with van der Waals surface area (Å²) in [6.45, 7) is 2.22. The predicted octanol–water partition coefficient (Wildman–Crippen LogP) is 0.349. The average Bonchev–Trinajstić information content (AvgIpc) is 3.00. The number of primary amides is 1. The van der Waals surface area contributed by atoms with Gasteiger partial charge >= 0.3 is 0 Å². The number of aryl methyl sites for hydroxylation is 1. The van der Waals surface area contributed by atoms with Gasteiger partial charge in [-0.15, -0.1) is 10.2 Å². The van der Waals surface area contributed by atoms with Gasteiger partial charge < -0.3 is 10.3 Å². The normalized spacial score (nSPS) is 11.0. The average molecular weight is 320 g/mol. The molecule has 0 radical (unpaired) electrons. The van der Waals surface area contributed by atoms with Crippen LogP contribution in [-0.4, -0.2) is 36.1 Å². The van der Waals surface area contributed by atoms with Gasteiger partial charge in [-0.1, -0.05) is 11.6 Å². The van der Waals surface area contributed by atoms with Crippen LogP contribution in [-0.2, 0) is 6.54 Å². The van der Waals surface area contributed by atoms with E-state index in [1.54, 1.807) is 4.57 Å². The molecule has 0 saturated carbocycles. The van der Waals surface area contributed by atoms with E-state index in [4.69, 9.17) is 17.3 Å². The monoisotopic (exact) mass is 319 g/mol. The Bertz CT molecular complexity index is 933. The molecular weight excluding hydrogens is 310 g/mol. The molecule has 0 spiro atoms. The van der Waals surface area contributed by atoms with Crippen molar-refractivity contribution < 1.29 is 4.79 Å². The number of nitrogens with one attached hydrogen (secondary N) is 1. The van der Waals surface area contributed by atoms with Crippen LogP contribution in [0, 0.1) is 0 Å². The van der Waals surface area contributed by atoms with Crippen LogP contribution in [0.3, 0.4) is 0 Å². The Hall–Kier alpha value is -2.81. The van der Waals surface area contributed by atoms with Crippen LogP contribution >= 0.6 is 11.6 Å². The number of H-pyrrole nitrogens is 1. The molecule has 0 saturated heterocycles. The quantitative estimate of drug-likeness (QED) is 0.669. The summed E-state index contributed by atoms with van der Waals surface area (Å²) in [5.41, 5.74) is 5.11. The molecule has 3 rings (SSSR count). The lowest BCUT2D eigenvalue weighted by Gasteiger charge is -2.15. The minimum atomic E-state index is -0.871. The van der Waals surface area contributed by atoms with Crippen LogP contribution in [0.15, 0.2) is 16.9 Å². The molecule has 9 nitrogen and oxygen atoms in total. The maximum absolute atomic E-state index is 12.6. The van der Waals surface area contributed by atoms with E-state index in [1.165, 1.54) is 12.1 Å². The van der Waals surface area contributed by atoms with Crippen molar-refractivity contribution in [1.29, 1.82) is 0 Å². The van der Waals surface area contributed by atoms with Gasteiger partial charge in [-0.05, 0) is 24.3 Å². The Kier molecular flexibility index (Phi) is 3.33. The van der Waals surface area contributed by atoms with E-state index < -0.39 is 11.3 Å². The summed E-state index contributed by atoms with van der Waals surface area (Å²) < 4.78 is 1.60. The fourth-order valence-electron chi connectivity index (χ4n) is 2.32. The first-order valence-corrected chi connectivity index (χ1v) is 6.69. The molecule has 0 atom stereocenters. The van der Waals surface area contributed by atoms with Gasteiger partial charge in [-0.25, -0.2) is 4.98 Å². The van der Waals surface area contributed by atoms with E-state index in [2.05, 4.69) is 25.6 Å². The van der Waals surface area contributed by atoms with Gasteiger partial charge in [0.25, 0.3) is 5.91 Å². The van der Waals surface area contributed by atoms with Crippen molar-refractivity contribution in [2.45, 2.75) is 13.5 Å². The Balaban J connectivity index is 2.58. The maximum Gasteiger partial charge on any atom is 0.254 e. The molecule has 0 unspecified atom stereocenters. The Labute approximate surface area is 128 Å².